The molecule has 4 heterocycles. The van der Waals surface area contributed by atoms with Crippen LogP contribution in [0.3, 0.4) is 0 Å². The number of aliphatic hydroxyl groups is 2. The van der Waals surface area contributed by atoms with E-state index in [0.29, 0.717) is 5.71 Å². The van der Waals surface area contributed by atoms with Gasteiger partial charge in [-0.25, -0.2) is 34.1 Å². The maximum atomic E-state index is 11.8. The van der Waals surface area contributed by atoms with Gasteiger partial charge in [0.1, 0.15) is 18.3 Å². The van der Waals surface area contributed by atoms with Crippen LogP contribution >= 0.6 is 23.5 Å². The van der Waals surface area contributed by atoms with Gasteiger partial charge < -0.3 is 34.5 Å². The molecule has 0 radical (unpaired) electrons. The number of nitrogens with one attached hydrogen (secondary N) is 2. The predicted molar refractivity (Wildman–Crippen MR) is 99.2 cm³/mol. The highest BCUT2D eigenvalue weighted by Gasteiger charge is 2.59. The van der Waals surface area contributed by atoms with Crippen molar-refractivity contribution >= 4 is 47.7 Å². The van der Waals surface area contributed by atoms with Crippen LogP contribution in [0.15, 0.2) is 15.0 Å². The number of aliphatic imine (C=N–C) groups is 3. The third-order valence-electron chi connectivity index (χ3n) is 4.33. The van der Waals surface area contributed by atoms with Gasteiger partial charge in [-0.3, -0.25) is 4.52 Å². The molecule has 0 bridgehead atoms. The van der Waals surface area contributed by atoms with Gasteiger partial charge in [-0.2, -0.15) is 8.62 Å². The van der Waals surface area contributed by atoms with Crippen LogP contribution in [0.4, 0.5) is 0 Å². The van der Waals surface area contributed by atoms with Crippen molar-refractivity contribution in [2.75, 3.05) is 6.61 Å². The second-order valence-electron chi connectivity index (χ2n) is 6.59. The summed E-state index contributed by atoms with van der Waals surface area (Å²) >= 11 is 0. The zero-order chi connectivity index (χ0) is 23.5. The van der Waals surface area contributed by atoms with E-state index in [0.717, 1.165) is 0 Å². The van der Waals surface area contributed by atoms with Gasteiger partial charge in [0.15, 0.2) is 6.34 Å². The summed E-state index contributed by atoms with van der Waals surface area (Å²) in [5.41, 5.74) is 5.92. The number of nitrogens with zero attached hydrogens (tertiary/aromatic N) is 4. The molecule has 4 aliphatic heterocycles. The fourth-order valence-electron chi connectivity index (χ4n) is 2.96. The van der Waals surface area contributed by atoms with Gasteiger partial charge in [-0.1, -0.05) is 4.99 Å². The average molecular weight is 521 g/mol. The molecule has 0 amide bonds. The second-order valence-corrected chi connectivity index (χ2v) is 11.0. The molecule has 4 rings (SSSR count). The lowest BCUT2D eigenvalue weighted by molar-refractivity contribution is -0.517. The van der Waals surface area contributed by atoms with E-state index in [-0.39, 0.29) is 5.84 Å². The summed E-state index contributed by atoms with van der Waals surface area (Å²) in [7, 11) is -16.7. The van der Waals surface area contributed by atoms with E-state index < -0.39 is 60.4 Å². The van der Waals surface area contributed by atoms with Crippen molar-refractivity contribution in [3.05, 3.63) is 0 Å². The first-order valence-corrected chi connectivity index (χ1v) is 12.9. The Morgan fingerprint density at radius 3 is 2.38 bits per heavy atom. The van der Waals surface area contributed by atoms with E-state index in [9.17, 15) is 28.8 Å². The molecule has 0 saturated carbocycles. The molecule has 178 valence electrons. The summed E-state index contributed by atoms with van der Waals surface area (Å²) in [6, 6.07) is 0. The molecule has 19 nitrogen and oxygen atoms in total. The minimum Gasteiger partial charge on any atom is -0.387 e. The molecule has 2 saturated heterocycles. The van der Waals surface area contributed by atoms with Crippen molar-refractivity contribution in [1.29, 1.82) is 0 Å². The van der Waals surface area contributed by atoms with Gasteiger partial charge in [-0.05, 0) is 0 Å². The summed E-state index contributed by atoms with van der Waals surface area (Å²) < 4.78 is 52.2. The van der Waals surface area contributed by atoms with Gasteiger partial charge in [0.05, 0.1) is 6.61 Å². The molecule has 0 aromatic carbocycles. The van der Waals surface area contributed by atoms with Gasteiger partial charge in [-0.15, -0.1) is 4.99 Å². The molecule has 32 heavy (non-hydrogen) atoms. The van der Waals surface area contributed by atoms with Crippen molar-refractivity contribution in [3.8, 4) is 0 Å². The SMILES string of the molecule is O=P(O)(O)OP(=O)(O)OP(=O)(O)OC[C@H]1O[C@@H]([N+]2=CN=C3C2=NC=NC32NN2)[C@H](O)[C@@H]1O. The standard InChI is InChI=1S/C10H15N6O13P3/c17-5-4(1-26-31(22,23)29-32(24,25)28-30(19,20)21)27-9(6(5)18)16-3-12-7-8(16)11-2-13-10(7)14-15-10/h2-6,9,17-18H,1H2,(H5,11,13,19,20,21,22,23,24,25)/p+1/t4-,5-,6-,9-/m1/s1. The van der Waals surface area contributed by atoms with Crippen LogP contribution in [0, 0.1) is 0 Å². The van der Waals surface area contributed by atoms with E-state index in [4.69, 9.17) is 19.4 Å². The van der Waals surface area contributed by atoms with E-state index in [1.165, 1.54) is 17.3 Å². The molecule has 8 N–H and O–H groups in total. The van der Waals surface area contributed by atoms with E-state index in [1.54, 1.807) is 0 Å². The number of hydrazine groups is 1. The molecule has 0 aromatic rings. The number of phosphoric ester groups is 1. The maximum absolute atomic E-state index is 11.8. The Labute approximate surface area is 177 Å². The molecule has 2 unspecified atom stereocenters. The van der Waals surface area contributed by atoms with Crippen LogP contribution in [0.2, 0.25) is 0 Å². The van der Waals surface area contributed by atoms with Crippen molar-refractivity contribution in [2.45, 2.75) is 30.3 Å². The number of ether oxygens (including phenoxy) is 1. The minimum absolute atomic E-state index is 0.238. The Kier molecular flexibility index (Phi) is 6.00. The quantitative estimate of drug-likeness (QED) is 0.0872. The van der Waals surface area contributed by atoms with Gasteiger partial charge in [0.2, 0.25) is 12.6 Å². The smallest absolute Gasteiger partial charge is 0.387 e. The first-order chi connectivity index (χ1) is 14.7. The van der Waals surface area contributed by atoms with Gasteiger partial charge in [0.25, 0.3) is 11.5 Å². The van der Waals surface area contributed by atoms with E-state index in [2.05, 4.69) is 39.0 Å². The summed E-state index contributed by atoms with van der Waals surface area (Å²) in [5, 5.41) is 20.6. The number of hydrogen-bond donors (Lipinski definition) is 8. The highest BCUT2D eigenvalue weighted by atomic mass is 31.3. The van der Waals surface area contributed by atoms with Crippen LogP contribution in [0.1, 0.15) is 0 Å². The van der Waals surface area contributed by atoms with Crippen LogP contribution < -0.4 is 10.9 Å². The molecular weight excluding hydrogens is 505 g/mol. The zero-order valence-corrected chi connectivity index (χ0v) is 18.0. The molecular formula is C10H16N6O13P3+. The lowest BCUT2D eigenvalue weighted by Crippen LogP contribution is -2.46. The highest BCUT2D eigenvalue weighted by molar-refractivity contribution is 7.66. The number of rotatable bonds is 8. The Morgan fingerprint density at radius 1 is 1.06 bits per heavy atom. The Morgan fingerprint density at radius 2 is 1.75 bits per heavy atom. The van der Waals surface area contributed by atoms with Crippen molar-refractivity contribution < 1.29 is 65.9 Å². The molecule has 22 heteroatoms. The third kappa shape index (κ3) is 4.88. The molecule has 2 fully saturated rings. The molecule has 4 aliphatic rings. The number of hydrogen-bond acceptors (Lipinski definition) is 14. The van der Waals surface area contributed by atoms with Crippen LogP contribution in [-0.2, 0) is 31.6 Å². The first-order valence-electron chi connectivity index (χ1n) is 8.38. The molecule has 0 aliphatic carbocycles. The van der Waals surface area contributed by atoms with Crippen LogP contribution in [0.25, 0.3) is 0 Å². The monoisotopic (exact) mass is 521 g/mol. The number of aliphatic hydroxyl groups excluding tert-OH is 2. The second kappa shape index (κ2) is 7.99. The largest absolute Gasteiger partial charge is 0.490 e. The van der Waals surface area contributed by atoms with Crippen LogP contribution in [0.5, 0.6) is 0 Å². The molecule has 6 atom stereocenters. The normalized spacial score (nSPS) is 34.4. The Balaban J connectivity index is 1.39. The molecule has 1 spiro atoms. The van der Waals surface area contributed by atoms with Gasteiger partial charge in [0, 0.05) is 0 Å². The lowest BCUT2D eigenvalue weighted by Gasteiger charge is -2.19. The zero-order valence-electron chi connectivity index (χ0n) is 15.3. The summed E-state index contributed by atoms with van der Waals surface area (Å²) in [6.07, 6.45) is -3.44. The summed E-state index contributed by atoms with van der Waals surface area (Å²) in [5.74, 6) is -0.719. The average Bonchev–Trinajstić information content (AvgIpc) is 3.16. The highest BCUT2D eigenvalue weighted by Crippen LogP contribution is 2.66. The number of fused-ring (bicyclic) bond motifs is 2. The topological polar surface area (TPSA) is 293 Å². The lowest BCUT2D eigenvalue weighted by atomic mass is 10.1. The van der Waals surface area contributed by atoms with Crippen LogP contribution in [-0.4, -0.2) is 95.5 Å². The molecule has 0 aromatic heterocycles. The van der Waals surface area contributed by atoms with Crippen molar-refractivity contribution in [3.63, 3.8) is 0 Å². The fraction of sp³-hybridized carbons (Fsp3) is 0.600. The third-order valence-corrected chi connectivity index (χ3v) is 8.14. The predicted octanol–water partition coefficient (Wildman–Crippen LogP) is -3.53. The summed E-state index contributed by atoms with van der Waals surface area (Å²) in [4.78, 5) is 48.0. The van der Waals surface area contributed by atoms with Crippen molar-refractivity contribution in [1.82, 2.24) is 10.9 Å². The fourth-order valence-corrected chi connectivity index (χ4v) is 5.99. The Bertz CT molecular complexity index is 1080. The maximum Gasteiger partial charge on any atom is 0.490 e. The summed E-state index contributed by atoms with van der Waals surface area (Å²) in [6.45, 7) is -0.943. The number of amidine groups is 1. The minimum atomic E-state index is -5.70. The Hall–Kier alpha value is -1.11. The van der Waals surface area contributed by atoms with E-state index >= 15 is 0 Å². The number of phosphoric acid groups is 3. The van der Waals surface area contributed by atoms with Gasteiger partial charge >= 0.3 is 29.3 Å². The first kappa shape index (κ1) is 24.0. The van der Waals surface area contributed by atoms with E-state index in [1.807, 2.05) is 0 Å². The van der Waals surface area contributed by atoms with Crippen molar-refractivity contribution in [2.24, 2.45) is 15.0 Å².